The molecule has 0 aliphatic carbocycles. The second kappa shape index (κ2) is 7.80. The topological polar surface area (TPSA) is 113 Å². The van der Waals surface area contributed by atoms with Crippen molar-refractivity contribution in [3.05, 3.63) is 59.2 Å². The lowest BCUT2D eigenvalue weighted by molar-refractivity contribution is -0.119. The molecule has 0 spiro atoms. The van der Waals surface area contributed by atoms with Crippen molar-refractivity contribution < 1.29 is 22.7 Å². The summed E-state index contributed by atoms with van der Waals surface area (Å²) in [5.74, 6) is -1.38. The Morgan fingerprint density at radius 1 is 1.19 bits per heavy atom. The molecule has 134 valence electrons. The summed E-state index contributed by atoms with van der Waals surface area (Å²) in [5, 5.41) is 11.3. The van der Waals surface area contributed by atoms with E-state index in [0.717, 1.165) is 6.26 Å². The molecule has 0 saturated carbocycles. The van der Waals surface area contributed by atoms with Gasteiger partial charge in [-0.1, -0.05) is 12.1 Å². The third-order valence-corrected chi connectivity index (χ3v) is 4.58. The molecule has 26 heavy (non-hydrogen) atoms. The number of anilines is 1. The summed E-state index contributed by atoms with van der Waals surface area (Å²) in [7, 11) is -3.47. The summed E-state index contributed by atoms with van der Waals surface area (Å²) in [5.41, 5.74) is 1.39. The molecule has 2 rings (SSSR count). The fraction of sp³-hybridized carbons (Fsp3) is 0.167. The Morgan fingerprint density at radius 3 is 2.58 bits per heavy atom. The average Bonchev–Trinajstić information content (AvgIpc) is 2.59. The number of carbonyl (C=O) groups excluding carboxylic acids is 2. The molecule has 1 N–H and O–H groups in total. The SMILES string of the molecule is Cc1ccc(S(C)(=O)=O)cc1C(=O)OCC(=O)Nc1cccc(C#N)c1. The molecule has 0 radical (unpaired) electrons. The molecule has 0 atom stereocenters. The number of sulfone groups is 1. The fourth-order valence-electron chi connectivity index (χ4n) is 2.12. The van der Waals surface area contributed by atoms with Gasteiger partial charge in [0.2, 0.25) is 0 Å². The number of benzene rings is 2. The molecule has 2 aromatic rings. The molecular formula is C18H16N2O5S. The molecule has 1 amide bonds. The normalized spacial score (nSPS) is 10.7. The van der Waals surface area contributed by atoms with Crippen LogP contribution in [-0.2, 0) is 19.4 Å². The Labute approximate surface area is 151 Å². The summed E-state index contributed by atoms with van der Waals surface area (Å²) < 4.78 is 28.2. The Bertz CT molecular complexity index is 1010. The minimum absolute atomic E-state index is 0.00665. The molecule has 0 heterocycles. The molecule has 0 bridgehead atoms. The predicted octanol–water partition coefficient (Wildman–Crippen LogP) is 2.07. The monoisotopic (exact) mass is 372 g/mol. The first-order valence-corrected chi connectivity index (χ1v) is 9.37. The van der Waals surface area contributed by atoms with E-state index in [1.807, 2.05) is 6.07 Å². The first-order valence-electron chi connectivity index (χ1n) is 7.48. The van der Waals surface area contributed by atoms with Gasteiger partial charge in [-0.3, -0.25) is 4.79 Å². The van der Waals surface area contributed by atoms with Crippen LogP contribution in [0.15, 0.2) is 47.4 Å². The Hall–Kier alpha value is -3.18. The highest BCUT2D eigenvalue weighted by Gasteiger charge is 2.16. The molecule has 8 heteroatoms. The van der Waals surface area contributed by atoms with Crippen LogP contribution in [0.25, 0.3) is 0 Å². The minimum atomic E-state index is -3.47. The van der Waals surface area contributed by atoms with E-state index in [1.165, 1.54) is 24.3 Å². The van der Waals surface area contributed by atoms with E-state index in [-0.39, 0.29) is 10.5 Å². The maximum Gasteiger partial charge on any atom is 0.338 e. The largest absolute Gasteiger partial charge is 0.452 e. The Morgan fingerprint density at radius 2 is 1.92 bits per heavy atom. The second-order valence-corrected chi connectivity index (χ2v) is 7.58. The second-order valence-electron chi connectivity index (χ2n) is 5.57. The molecule has 0 unspecified atom stereocenters. The maximum atomic E-state index is 12.2. The van der Waals surface area contributed by atoms with Crippen LogP contribution in [0.4, 0.5) is 5.69 Å². The predicted molar refractivity (Wildman–Crippen MR) is 94.4 cm³/mol. The third kappa shape index (κ3) is 4.91. The first-order chi connectivity index (χ1) is 12.2. The maximum absolute atomic E-state index is 12.2. The van der Waals surface area contributed by atoms with Crippen LogP contribution in [-0.4, -0.2) is 33.2 Å². The summed E-state index contributed by atoms with van der Waals surface area (Å²) in [6, 6.07) is 12.4. The van der Waals surface area contributed by atoms with Crippen molar-refractivity contribution in [2.24, 2.45) is 0 Å². The Kier molecular flexibility index (Phi) is 5.75. The number of esters is 1. The zero-order valence-corrected chi connectivity index (χ0v) is 15.0. The van der Waals surface area contributed by atoms with Crippen LogP contribution in [0.2, 0.25) is 0 Å². The number of aryl methyl sites for hydroxylation is 1. The molecule has 2 aromatic carbocycles. The van der Waals surface area contributed by atoms with Crippen LogP contribution >= 0.6 is 0 Å². The summed E-state index contributed by atoms with van der Waals surface area (Å²) >= 11 is 0. The lowest BCUT2D eigenvalue weighted by atomic mass is 10.1. The smallest absolute Gasteiger partial charge is 0.338 e. The number of carbonyl (C=O) groups is 2. The van der Waals surface area contributed by atoms with Crippen LogP contribution in [0.1, 0.15) is 21.5 Å². The van der Waals surface area contributed by atoms with Crippen molar-refractivity contribution in [3.63, 3.8) is 0 Å². The fourth-order valence-corrected chi connectivity index (χ4v) is 2.77. The van der Waals surface area contributed by atoms with Gasteiger partial charge in [0.1, 0.15) is 0 Å². The number of hydrogen-bond donors (Lipinski definition) is 1. The van der Waals surface area contributed by atoms with E-state index < -0.39 is 28.3 Å². The number of nitrogens with one attached hydrogen (secondary N) is 1. The van der Waals surface area contributed by atoms with Crippen molar-refractivity contribution in [1.29, 1.82) is 5.26 Å². The van der Waals surface area contributed by atoms with E-state index in [2.05, 4.69) is 5.32 Å². The van der Waals surface area contributed by atoms with Gasteiger partial charge in [0.05, 0.1) is 22.1 Å². The molecule has 0 aliphatic rings. The molecule has 7 nitrogen and oxygen atoms in total. The standard InChI is InChI=1S/C18H16N2O5S/c1-12-6-7-15(26(2,23)24)9-16(12)18(22)25-11-17(21)20-14-5-3-4-13(8-14)10-19/h3-9H,11H2,1-2H3,(H,20,21). The minimum Gasteiger partial charge on any atom is -0.452 e. The number of nitriles is 1. The van der Waals surface area contributed by atoms with E-state index in [4.69, 9.17) is 10.00 Å². The highest BCUT2D eigenvalue weighted by molar-refractivity contribution is 7.90. The third-order valence-electron chi connectivity index (χ3n) is 3.47. The number of rotatable bonds is 5. The lowest BCUT2D eigenvalue weighted by Crippen LogP contribution is -2.21. The lowest BCUT2D eigenvalue weighted by Gasteiger charge is -2.09. The summed E-state index contributed by atoms with van der Waals surface area (Å²) in [6.45, 7) is 1.09. The summed E-state index contributed by atoms with van der Waals surface area (Å²) in [6.07, 6.45) is 1.04. The van der Waals surface area contributed by atoms with Crippen molar-refractivity contribution in [2.75, 3.05) is 18.2 Å². The Balaban J connectivity index is 2.04. The van der Waals surface area contributed by atoms with Crippen molar-refractivity contribution in [2.45, 2.75) is 11.8 Å². The van der Waals surface area contributed by atoms with E-state index in [9.17, 15) is 18.0 Å². The number of nitrogens with zero attached hydrogens (tertiary/aromatic N) is 1. The van der Waals surface area contributed by atoms with Gasteiger partial charge in [0.15, 0.2) is 16.4 Å². The van der Waals surface area contributed by atoms with Gasteiger partial charge in [0, 0.05) is 11.9 Å². The first kappa shape index (κ1) is 19.1. The number of ether oxygens (including phenoxy) is 1. The van der Waals surface area contributed by atoms with Gasteiger partial charge >= 0.3 is 5.97 Å². The highest BCUT2D eigenvalue weighted by Crippen LogP contribution is 2.17. The quantitative estimate of drug-likeness (QED) is 0.804. The van der Waals surface area contributed by atoms with Crippen LogP contribution < -0.4 is 5.32 Å². The van der Waals surface area contributed by atoms with Crippen molar-refractivity contribution in [3.8, 4) is 6.07 Å². The number of hydrogen-bond acceptors (Lipinski definition) is 6. The van der Waals surface area contributed by atoms with E-state index in [1.54, 1.807) is 25.1 Å². The zero-order valence-electron chi connectivity index (χ0n) is 14.1. The van der Waals surface area contributed by atoms with Gasteiger partial charge in [-0.2, -0.15) is 5.26 Å². The van der Waals surface area contributed by atoms with Crippen LogP contribution in [0.3, 0.4) is 0 Å². The average molecular weight is 372 g/mol. The van der Waals surface area contributed by atoms with E-state index in [0.29, 0.717) is 16.8 Å². The van der Waals surface area contributed by atoms with Gasteiger partial charge in [-0.25, -0.2) is 13.2 Å². The van der Waals surface area contributed by atoms with Crippen molar-refractivity contribution >= 4 is 27.4 Å². The van der Waals surface area contributed by atoms with Crippen molar-refractivity contribution in [1.82, 2.24) is 0 Å². The molecular weight excluding hydrogens is 356 g/mol. The molecule has 0 fully saturated rings. The highest BCUT2D eigenvalue weighted by atomic mass is 32.2. The van der Waals surface area contributed by atoms with Gasteiger partial charge in [0.25, 0.3) is 5.91 Å². The van der Waals surface area contributed by atoms with Gasteiger partial charge < -0.3 is 10.1 Å². The van der Waals surface area contributed by atoms with Gasteiger partial charge in [-0.15, -0.1) is 0 Å². The molecule has 0 saturated heterocycles. The summed E-state index contributed by atoms with van der Waals surface area (Å²) in [4.78, 5) is 24.0. The van der Waals surface area contributed by atoms with E-state index >= 15 is 0 Å². The van der Waals surface area contributed by atoms with Gasteiger partial charge in [-0.05, 0) is 42.8 Å². The van der Waals surface area contributed by atoms with Crippen LogP contribution in [0, 0.1) is 18.3 Å². The zero-order chi connectivity index (χ0) is 19.3. The van der Waals surface area contributed by atoms with Crippen LogP contribution in [0.5, 0.6) is 0 Å². The number of amides is 1. The molecule has 0 aliphatic heterocycles. The molecule has 0 aromatic heterocycles.